The van der Waals surface area contributed by atoms with Crippen LogP contribution < -0.4 is 15.8 Å². The Bertz CT molecular complexity index is 601. The fourth-order valence-corrected chi connectivity index (χ4v) is 4.43. The molecule has 0 radical (unpaired) electrons. The summed E-state index contributed by atoms with van der Waals surface area (Å²) in [7, 11) is -3.69. The first-order chi connectivity index (χ1) is 9.87. The summed E-state index contributed by atoms with van der Waals surface area (Å²) in [5.74, 6) is -0.0643. The number of nitrogens with two attached hydrogens (primary N) is 1. The molecule has 1 saturated carbocycles. The van der Waals surface area contributed by atoms with Gasteiger partial charge in [-0.25, -0.2) is 13.1 Å². The van der Waals surface area contributed by atoms with Crippen molar-refractivity contribution in [2.75, 3.05) is 11.9 Å². The van der Waals surface area contributed by atoms with Crippen LogP contribution in [0.3, 0.4) is 0 Å². The first-order valence-corrected chi connectivity index (χ1v) is 9.03. The van der Waals surface area contributed by atoms with E-state index in [0.29, 0.717) is 6.54 Å². The molecule has 1 aliphatic rings. The summed E-state index contributed by atoms with van der Waals surface area (Å²) in [6.45, 7) is 1.67. The fraction of sp³-hybridized carbons (Fsp3) is 0.727. The summed E-state index contributed by atoms with van der Waals surface area (Å²) in [6, 6.07) is 0.154. The second kappa shape index (κ2) is 6.77. The molecule has 0 saturated heterocycles. The predicted octanol–water partition coefficient (Wildman–Crippen LogP) is 0.292. The molecular formula is C11H19N5O3S2. The lowest BCUT2D eigenvalue weighted by molar-refractivity contribution is -0.114. The number of hydrogen-bond acceptors (Lipinski definition) is 7. The zero-order valence-electron chi connectivity index (χ0n) is 11.7. The number of carbonyl (C=O) groups excluding carboxylic acids is 1. The Morgan fingerprint density at radius 1 is 1.43 bits per heavy atom. The van der Waals surface area contributed by atoms with Gasteiger partial charge in [-0.2, -0.15) is 0 Å². The van der Waals surface area contributed by atoms with Crippen LogP contribution in [0.15, 0.2) is 4.34 Å². The van der Waals surface area contributed by atoms with Crippen molar-refractivity contribution in [3.05, 3.63) is 0 Å². The van der Waals surface area contributed by atoms with Crippen LogP contribution in [0, 0.1) is 5.92 Å². The van der Waals surface area contributed by atoms with Crippen LogP contribution in [-0.2, 0) is 14.8 Å². The number of hydrogen-bond donors (Lipinski definition) is 3. The Kier molecular flexibility index (Phi) is 5.25. The molecule has 118 valence electrons. The standard InChI is InChI=1S/C11H19N5O3S2/c1-7(17)14-10-15-16-11(20-10)21(18,19)13-6-8-3-2-4-9(12)5-8/h8-9,13H,2-6,12H2,1H3,(H,14,15,17). The summed E-state index contributed by atoms with van der Waals surface area (Å²) in [6.07, 6.45) is 3.83. The van der Waals surface area contributed by atoms with Crippen LogP contribution in [0.4, 0.5) is 5.13 Å². The highest BCUT2D eigenvalue weighted by Crippen LogP contribution is 2.24. The molecule has 1 aromatic heterocycles. The second-order valence-electron chi connectivity index (χ2n) is 5.20. The Balaban J connectivity index is 1.94. The molecule has 2 rings (SSSR count). The Hall–Kier alpha value is -1.10. The van der Waals surface area contributed by atoms with E-state index >= 15 is 0 Å². The van der Waals surface area contributed by atoms with E-state index < -0.39 is 10.0 Å². The number of nitrogens with zero attached hydrogens (tertiary/aromatic N) is 2. The van der Waals surface area contributed by atoms with Gasteiger partial charge in [-0.3, -0.25) is 4.79 Å². The average molecular weight is 333 g/mol. The molecule has 1 amide bonds. The summed E-state index contributed by atoms with van der Waals surface area (Å²) in [5, 5.41) is 9.80. The van der Waals surface area contributed by atoms with Gasteiger partial charge in [0.2, 0.25) is 15.4 Å². The highest BCUT2D eigenvalue weighted by atomic mass is 32.2. The molecule has 1 aliphatic carbocycles. The van der Waals surface area contributed by atoms with E-state index in [9.17, 15) is 13.2 Å². The molecule has 0 aromatic carbocycles. The van der Waals surface area contributed by atoms with Gasteiger partial charge in [-0.1, -0.05) is 17.8 Å². The van der Waals surface area contributed by atoms with E-state index in [4.69, 9.17) is 5.73 Å². The van der Waals surface area contributed by atoms with Gasteiger partial charge >= 0.3 is 0 Å². The molecular weight excluding hydrogens is 314 g/mol. The van der Waals surface area contributed by atoms with Crippen LogP contribution in [0.5, 0.6) is 0 Å². The van der Waals surface area contributed by atoms with Crippen molar-refractivity contribution < 1.29 is 13.2 Å². The molecule has 2 unspecified atom stereocenters. The third kappa shape index (κ3) is 4.70. The van der Waals surface area contributed by atoms with Gasteiger partial charge in [0.05, 0.1) is 0 Å². The van der Waals surface area contributed by atoms with Gasteiger partial charge in [-0.15, -0.1) is 10.2 Å². The van der Waals surface area contributed by atoms with Crippen LogP contribution in [0.25, 0.3) is 0 Å². The van der Waals surface area contributed by atoms with Gasteiger partial charge in [0.25, 0.3) is 10.0 Å². The summed E-state index contributed by atoms with van der Waals surface area (Å²) >= 11 is 0.826. The number of nitrogens with one attached hydrogen (secondary N) is 2. The summed E-state index contributed by atoms with van der Waals surface area (Å²) in [4.78, 5) is 10.9. The molecule has 0 aliphatic heterocycles. The maximum absolute atomic E-state index is 12.1. The summed E-state index contributed by atoms with van der Waals surface area (Å²) < 4.78 is 26.6. The number of anilines is 1. The van der Waals surface area contributed by atoms with Crippen molar-refractivity contribution in [3.8, 4) is 0 Å². The van der Waals surface area contributed by atoms with Crippen molar-refractivity contribution in [1.29, 1.82) is 0 Å². The quantitative estimate of drug-likeness (QED) is 0.665. The molecule has 0 bridgehead atoms. The maximum atomic E-state index is 12.1. The Morgan fingerprint density at radius 2 is 2.19 bits per heavy atom. The third-order valence-corrected chi connectivity index (χ3v) is 5.93. The number of aromatic nitrogens is 2. The van der Waals surface area contributed by atoms with E-state index in [1.54, 1.807) is 0 Å². The molecule has 1 aromatic rings. The minimum absolute atomic E-state index is 0.147. The largest absolute Gasteiger partial charge is 0.328 e. The zero-order valence-corrected chi connectivity index (χ0v) is 13.3. The van der Waals surface area contributed by atoms with Crippen molar-refractivity contribution in [3.63, 3.8) is 0 Å². The smallest absolute Gasteiger partial charge is 0.269 e. The molecule has 21 heavy (non-hydrogen) atoms. The zero-order chi connectivity index (χ0) is 15.5. The number of amides is 1. The topological polar surface area (TPSA) is 127 Å². The molecule has 8 nitrogen and oxygen atoms in total. The third-order valence-electron chi connectivity index (χ3n) is 3.30. The number of carbonyl (C=O) groups is 1. The van der Waals surface area contributed by atoms with E-state index in [1.807, 2.05) is 0 Å². The fourth-order valence-electron chi connectivity index (χ4n) is 2.33. The van der Waals surface area contributed by atoms with Gasteiger partial charge in [0, 0.05) is 19.5 Å². The molecule has 10 heteroatoms. The first-order valence-electron chi connectivity index (χ1n) is 6.73. The first kappa shape index (κ1) is 16.3. The Labute approximate surface area is 127 Å². The van der Waals surface area contributed by atoms with E-state index in [-0.39, 0.29) is 27.3 Å². The van der Waals surface area contributed by atoms with Gasteiger partial charge in [0.1, 0.15) is 0 Å². The lowest BCUT2D eigenvalue weighted by Gasteiger charge is -2.26. The molecule has 2 atom stereocenters. The molecule has 1 heterocycles. The van der Waals surface area contributed by atoms with Gasteiger partial charge in [0.15, 0.2) is 0 Å². The van der Waals surface area contributed by atoms with Gasteiger partial charge < -0.3 is 11.1 Å². The highest BCUT2D eigenvalue weighted by Gasteiger charge is 2.24. The SMILES string of the molecule is CC(=O)Nc1nnc(S(=O)(=O)NCC2CCCC(N)C2)s1. The van der Waals surface area contributed by atoms with Crippen molar-refractivity contribution >= 4 is 32.4 Å². The highest BCUT2D eigenvalue weighted by molar-refractivity contribution is 7.91. The van der Waals surface area contributed by atoms with Crippen LogP contribution in [0.2, 0.25) is 0 Å². The van der Waals surface area contributed by atoms with Crippen LogP contribution in [-0.4, -0.2) is 37.1 Å². The number of sulfonamides is 1. The van der Waals surface area contributed by atoms with Crippen molar-refractivity contribution in [1.82, 2.24) is 14.9 Å². The molecule has 1 fully saturated rings. The molecule has 4 N–H and O–H groups in total. The van der Waals surface area contributed by atoms with E-state index in [0.717, 1.165) is 37.0 Å². The maximum Gasteiger partial charge on any atom is 0.269 e. The minimum Gasteiger partial charge on any atom is -0.328 e. The monoisotopic (exact) mass is 333 g/mol. The number of rotatable bonds is 5. The minimum atomic E-state index is -3.69. The Morgan fingerprint density at radius 3 is 2.86 bits per heavy atom. The lowest BCUT2D eigenvalue weighted by atomic mass is 9.86. The lowest BCUT2D eigenvalue weighted by Crippen LogP contribution is -2.35. The van der Waals surface area contributed by atoms with Crippen molar-refractivity contribution in [2.45, 2.75) is 43.0 Å². The van der Waals surface area contributed by atoms with E-state index in [1.165, 1.54) is 6.92 Å². The van der Waals surface area contributed by atoms with Crippen LogP contribution in [0.1, 0.15) is 32.6 Å². The van der Waals surface area contributed by atoms with E-state index in [2.05, 4.69) is 20.2 Å². The predicted molar refractivity (Wildman–Crippen MR) is 79.3 cm³/mol. The second-order valence-corrected chi connectivity index (χ2v) is 8.12. The van der Waals surface area contributed by atoms with Crippen molar-refractivity contribution in [2.24, 2.45) is 11.7 Å². The normalized spacial score (nSPS) is 23.0. The summed E-state index contributed by atoms with van der Waals surface area (Å²) in [5.41, 5.74) is 5.89. The van der Waals surface area contributed by atoms with Crippen LogP contribution >= 0.6 is 11.3 Å². The molecule has 0 spiro atoms. The average Bonchev–Trinajstić information content (AvgIpc) is 2.85. The van der Waals surface area contributed by atoms with Gasteiger partial charge in [-0.05, 0) is 25.2 Å².